The van der Waals surface area contributed by atoms with Crippen LogP contribution in [-0.4, -0.2) is 26.7 Å². The number of nitrogens with zero attached hydrogens (tertiary/aromatic N) is 2. The predicted octanol–water partition coefficient (Wildman–Crippen LogP) is 2.06. The summed E-state index contributed by atoms with van der Waals surface area (Å²) in [6.45, 7) is 0.545. The third kappa shape index (κ3) is 2.60. The van der Waals surface area contributed by atoms with E-state index in [1.807, 2.05) is 12.5 Å². The number of carboxylic acids is 1. The lowest BCUT2D eigenvalue weighted by atomic mass is 10.1. The second kappa shape index (κ2) is 5.50. The van der Waals surface area contributed by atoms with Gasteiger partial charge in [-0.15, -0.1) is 0 Å². The number of furan rings is 1. The Labute approximate surface area is 116 Å². The zero-order valence-electron chi connectivity index (χ0n) is 11.0. The third-order valence-corrected chi connectivity index (χ3v) is 3.83. The van der Waals surface area contributed by atoms with Crippen LogP contribution >= 0.6 is 0 Å². The first-order chi connectivity index (χ1) is 9.74. The van der Waals surface area contributed by atoms with Gasteiger partial charge < -0.3 is 19.4 Å². The normalized spacial score (nSPS) is 22.2. The molecule has 20 heavy (non-hydrogen) atoms. The molecule has 1 aliphatic rings. The second-order valence-corrected chi connectivity index (χ2v) is 5.10. The maximum Gasteiger partial charge on any atom is 0.338 e. The average molecular weight is 275 g/mol. The molecule has 2 N–H and O–H groups in total. The summed E-state index contributed by atoms with van der Waals surface area (Å²) in [5, 5.41) is 12.3. The Kier molecular flexibility index (Phi) is 3.56. The van der Waals surface area contributed by atoms with Gasteiger partial charge in [0.05, 0.1) is 18.4 Å². The zero-order valence-corrected chi connectivity index (χ0v) is 11.0. The molecule has 0 amide bonds. The number of aromatic nitrogens is 2. The van der Waals surface area contributed by atoms with Gasteiger partial charge in [-0.1, -0.05) is 0 Å². The van der Waals surface area contributed by atoms with Crippen molar-refractivity contribution >= 4 is 5.97 Å². The van der Waals surface area contributed by atoms with Gasteiger partial charge in [0.15, 0.2) is 0 Å². The molecule has 0 aromatic carbocycles. The van der Waals surface area contributed by atoms with E-state index in [0.717, 1.165) is 12.8 Å². The summed E-state index contributed by atoms with van der Waals surface area (Å²) in [6.07, 6.45) is 10.3. The number of imidazole rings is 1. The van der Waals surface area contributed by atoms with Crippen molar-refractivity contribution in [2.24, 2.45) is 0 Å². The molecule has 1 aliphatic carbocycles. The predicted molar refractivity (Wildman–Crippen MR) is 71.4 cm³/mol. The van der Waals surface area contributed by atoms with E-state index < -0.39 is 5.97 Å². The van der Waals surface area contributed by atoms with Crippen molar-refractivity contribution < 1.29 is 14.3 Å². The summed E-state index contributed by atoms with van der Waals surface area (Å²) < 4.78 is 7.38. The van der Waals surface area contributed by atoms with E-state index in [1.54, 1.807) is 12.3 Å². The molecule has 3 rings (SSSR count). The van der Waals surface area contributed by atoms with Crippen LogP contribution in [0.25, 0.3) is 0 Å². The van der Waals surface area contributed by atoms with Crippen LogP contribution in [0.1, 0.15) is 41.4 Å². The molecule has 6 heteroatoms. The van der Waals surface area contributed by atoms with Gasteiger partial charge in [0, 0.05) is 24.5 Å². The molecule has 0 aliphatic heterocycles. The summed E-state index contributed by atoms with van der Waals surface area (Å²) in [5.74, 6) is -0.309. The van der Waals surface area contributed by atoms with Gasteiger partial charge in [-0.25, -0.2) is 9.78 Å². The summed E-state index contributed by atoms with van der Waals surface area (Å²) >= 11 is 0. The first kappa shape index (κ1) is 12.9. The van der Waals surface area contributed by atoms with Gasteiger partial charge in [0.1, 0.15) is 12.0 Å². The quantitative estimate of drug-likeness (QED) is 0.873. The standard InChI is InChI=1S/C14H17N3O3/c18-14(19)10-6-11(20-8-10)7-16-12-2-1-3-13(12)17-5-4-15-9-17/h4-6,8-9,12-13,16H,1-3,7H2,(H,18,19). The molecule has 2 aromatic rings. The fourth-order valence-electron chi connectivity index (χ4n) is 2.82. The molecule has 6 nitrogen and oxygen atoms in total. The van der Waals surface area contributed by atoms with Crippen LogP contribution in [-0.2, 0) is 6.54 Å². The Morgan fingerprint density at radius 2 is 2.45 bits per heavy atom. The summed E-state index contributed by atoms with van der Waals surface area (Å²) in [7, 11) is 0. The highest BCUT2D eigenvalue weighted by atomic mass is 16.4. The molecular formula is C14H17N3O3. The fourth-order valence-corrected chi connectivity index (χ4v) is 2.82. The smallest absolute Gasteiger partial charge is 0.338 e. The Morgan fingerprint density at radius 1 is 1.55 bits per heavy atom. The lowest BCUT2D eigenvalue weighted by Crippen LogP contribution is -2.33. The fraction of sp³-hybridized carbons (Fsp3) is 0.429. The number of hydrogen-bond donors (Lipinski definition) is 2. The Bertz CT molecular complexity index is 576. The van der Waals surface area contributed by atoms with Crippen molar-refractivity contribution in [1.82, 2.24) is 14.9 Å². The van der Waals surface area contributed by atoms with Gasteiger partial charge in [-0.05, 0) is 25.3 Å². The second-order valence-electron chi connectivity index (χ2n) is 5.10. The molecule has 1 saturated carbocycles. The highest BCUT2D eigenvalue weighted by molar-refractivity contribution is 5.87. The van der Waals surface area contributed by atoms with Gasteiger partial charge in [-0.2, -0.15) is 0 Å². The lowest BCUT2D eigenvalue weighted by Gasteiger charge is -2.21. The number of rotatable bonds is 5. The lowest BCUT2D eigenvalue weighted by molar-refractivity contribution is 0.0696. The molecule has 2 aromatic heterocycles. The Hall–Kier alpha value is -2.08. The number of carbonyl (C=O) groups is 1. The van der Waals surface area contributed by atoms with Crippen molar-refractivity contribution in [2.75, 3.05) is 0 Å². The van der Waals surface area contributed by atoms with Crippen LogP contribution in [0.5, 0.6) is 0 Å². The van der Waals surface area contributed by atoms with E-state index in [9.17, 15) is 4.79 Å². The Balaban J connectivity index is 1.61. The highest BCUT2D eigenvalue weighted by Gasteiger charge is 2.28. The minimum Gasteiger partial charge on any atom is -0.478 e. The molecule has 0 bridgehead atoms. The van der Waals surface area contributed by atoms with Crippen LogP contribution in [0.15, 0.2) is 35.5 Å². The van der Waals surface area contributed by atoms with E-state index in [2.05, 4.69) is 14.9 Å². The monoisotopic (exact) mass is 275 g/mol. The van der Waals surface area contributed by atoms with Crippen molar-refractivity contribution in [1.29, 1.82) is 0 Å². The minimum absolute atomic E-state index is 0.194. The molecule has 2 unspecified atom stereocenters. The van der Waals surface area contributed by atoms with Crippen LogP contribution in [0, 0.1) is 0 Å². The van der Waals surface area contributed by atoms with Gasteiger partial charge in [0.25, 0.3) is 0 Å². The van der Waals surface area contributed by atoms with Crippen LogP contribution in [0.3, 0.4) is 0 Å². The summed E-state index contributed by atoms with van der Waals surface area (Å²) in [6, 6.07) is 2.34. The summed E-state index contributed by atoms with van der Waals surface area (Å²) in [4.78, 5) is 14.9. The molecule has 0 spiro atoms. The first-order valence-electron chi connectivity index (χ1n) is 6.75. The number of aromatic carboxylic acids is 1. The molecular weight excluding hydrogens is 258 g/mol. The Morgan fingerprint density at radius 3 is 3.15 bits per heavy atom. The van der Waals surface area contributed by atoms with Gasteiger partial charge >= 0.3 is 5.97 Å². The number of hydrogen-bond acceptors (Lipinski definition) is 4. The number of carboxylic acid groups (broad SMARTS) is 1. The van der Waals surface area contributed by atoms with Gasteiger partial charge in [-0.3, -0.25) is 0 Å². The van der Waals surface area contributed by atoms with Crippen molar-refractivity contribution in [3.63, 3.8) is 0 Å². The van der Waals surface area contributed by atoms with E-state index in [-0.39, 0.29) is 5.56 Å². The third-order valence-electron chi connectivity index (χ3n) is 3.83. The molecule has 0 saturated heterocycles. The van der Waals surface area contributed by atoms with Gasteiger partial charge in [0.2, 0.25) is 0 Å². The highest BCUT2D eigenvalue weighted by Crippen LogP contribution is 2.30. The molecule has 2 atom stereocenters. The van der Waals surface area contributed by atoms with E-state index in [4.69, 9.17) is 9.52 Å². The maximum atomic E-state index is 10.8. The molecule has 2 heterocycles. The maximum absolute atomic E-state index is 10.8. The van der Waals surface area contributed by atoms with E-state index in [0.29, 0.717) is 24.4 Å². The molecule has 106 valence electrons. The zero-order chi connectivity index (χ0) is 13.9. The average Bonchev–Trinajstić information content (AvgIpc) is 3.17. The van der Waals surface area contributed by atoms with Crippen molar-refractivity contribution in [3.8, 4) is 0 Å². The van der Waals surface area contributed by atoms with Crippen LogP contribution < -0.4 is 5.32 Å². The first-order valence-corrected chi connectivity index (χ1v) is 6.75. The van der Waals surface area contributed by atoms with E-state index in [1.165, 1.54) is 12.7 Å². The van der Waals surface area contributed by atoms with Crippen LogP contribution in [0.2, 0.25) is 0 Å². The largest absolute Gasteiger partial charge is 0.478 e. The van der Waals surface area contributed by atoms with E-state index >= 15 is 0 Å². The number of nitrogens with one attached hydrogen (secondary N) is 1. The van der Waals surface area contributed by atoms with Crippen molar-refractivity contribution in [2.45, 2.75) is 37.9 Å². The molecule has 0 radical (unpaired) electrons. The minimum atomic E-state index is -0.961. The topological polar surface area (TPSA) is 80.3 Å². The summed E-state index contributed by atoms with van der Waals surface area (Å²) in [5.41, 5.74) is 0.194. The van der Waals surface area contributed by atoms with Crippen LogP contribution in [0.4, 0.5) is 0 Å². The SMILES string of the molecule is O=C(O)c1coc(CNC2CCCC2n2ccnc2)c1. The molecule has 1 fully saturated rings. The van der Waals surface area contributed by atoms with Crippen molar-refractivity contribution in [3.05, 3.63) is 42.4 Å².